The standard InChI is InChI=1S/C15H9F2IN2O3S/c1-5-10-13(21)19-9(20-14(10)24-12(5)15(22)23)3-6-2-7(16)4-8(17)11(6)18/h2,4H,3H2,1H3,(H,22,23)(H,19,20,21). The van der Waals surface area contributed by atoms with Gasteiger partial charge in [-0.2, -0.15) is 0 Å². The third-order valence-corrected chi connectivity index (χ3v) is 5.85. The number of thiophene rings is 1. The first-order valence-electron chi connectivity index (χ1n) is 6.67. The molecule has 2 aromatic heterocycles. The van der Waals surface area contributed by atoms with Crippen molar-refractivity contribution in [3.05, 3.63) is 59.5 Å². The van der Waals surface area contributed by atoms with E-state index in [2.05, 4.69) is 9.97 Å². The molecule has 0 saturated carbocycles. The van der Waals surface area contributed by atoms with Crippen molar-refractivity contribution in [1.29, 1.82) is 0 Å². The predicted octanol–water partition coefficient (Wildman–Crippen LogP) is 3.46. The highest BCUT2D eigenvalue weighted by Gasteiger charge is 2.19. The average molecular weight is 462 g/mol. The van der Waals surface area contributed by atoms with Gasteiger partial charge in [-0.1, -0.05) is 0 Å². The molecule has 0 aliphatic carbocycles. The summed E-state index contributed by atoms with van der Waals surface area (Å²) in [7, 11) is 0. The van der Waals surface area contributed by atoms with Crippen molar-refractivity contribution in [2.45, 2.75) is 13.3 Å². The van der Waals surface area contributed by atoms with Crippen LogP contribution in [-0.4, -0.2) is 21.0 Å². The summed E-state index contributed by atoms with van der Waals surface area (Å²) in [5, 5.41) is 9.37. The van der Waals surface area contributed by atoms with E-state index in [4.69, 9.17) is 5.11 Å². The highest BCUT2D eigenvalue weighted by Crippen LogP contribution is 2.27. The highest BCUT2D eigenvalue weighted by molar-refractivity contribution is 14.1. The molecule has 2 heterocycles. The number of carboxylic acid groups (broad SMARTS) is 1. The second-order valence-corrected chi connectivity index (χ2v) is 7.17. The van der Waals surface area contributed by atoms with Crippen LogP contribution in [0.4, 0.5) is 8.78 Å². The Labute approximate surface area is 151 Å². The molecule has 124 valence electrons. The first kappa shape index (κ1) is 17.0. The summed E-state index contributed by atoms with van der Waals surface area (Å²) >= 11 is 2.66. The van der Waals surface area contributed by atoms with Gasteiger partial charge in [-0.3, -0.25) is 4.79 Å². The molecule has 3 rings (SSSR count). The van der Waals surface area contributed by atoms with Gasteiger partial charge < -0.3 is 10.1 Å². The van der Waals surface area contributed by atoms with Crippen LogP contribution in [0.3, 0.4) is 0 Å². The van der Waals surface area contributed by atoms with E-state index >= 15 is 0 Å². The molecule has 5 nitrogen and oxygen atoms in total. The number of hydrogen-bond donors (Lipinski definition) is 2. The van der Waals surface area contributed by atoms with Gasteiger partial charge in [0.05, 0.1) is 8.96 Å². The Balaban J connectivity index is 2.12. The molecule has 3 aromatic rings. The minimum absolute atomic E-state index is 0.0253. The van der Waals surface area contributed by atoms with Gasteiger partial charge in [0.2, 0.25) is 0 Å². The fourth-order valence-corrected chi connectivity index (χ4v) is 3.94. The molecule has 0 unspecified atom stereocenters. The largest absolute Gasteiger partial charge is 0.477 e. The van der Waals surface area contributed by atoms with Gasteiger partial charge in [-0.05, 0) is 46.7 Å². The van der Waals surface area contributed by atoms with E-state index < -0.39 is 23.2 Å². The molecule has 24 heavy (non-hydrogen) atoms. The molecular formula is C15H9F2IN2O3S. The molecule has 0 spiro atoms. The SMILES string of the molecule is Cc1c(C(=O)O)sc2nc(Cc3cc(F)cc(F)c3I)[nH]c(=O)c12. The van der Waals surface area contributed by atoms with Gasteiger partial charge in [0.1, 0.15) is 27.2 Å². The Bertz CT molecular complexity index is 1050. The Morgan fingerprint density at radius 2 is 2.12 bits per heavy atom. The molecule has 0 aliphatic heterocycles. The van der Waals surface area contributed by atoms with Crippen LogP contribution in [0.5, 0.6) is 0 Å². The number of halogens is 3. The number of aryl methyl sites for hydroxylation is 1. The van der Waals surface area contributed by atoms with Crippen LogP contribution < -0.4 is 5.56 Å². The van der Waals surface area contributed by atoms with Crippen molar-refractivity contribution in [2.24, 2.45) is 0 Å². The molecule has 0 bridgehead atoms. The molecule has 0 saturated heterocycles. The van der Waals surface area contributed by atoms with Gasteiger partial charge in [-0.25, -0.2) is 18.6 Å². The summed E-state index contributed by atoms with van der Waals surface area (Å²) < 4.78 is 27.2. The topological polar surface area (TPSA) is 83.0 Å². The van der Waals surface area contributed by atoms with Crippen LogP contribution >= 0.6 is 33.9 Å². The fraction of sp³-hybridized carbons (Fsp3) is 0.133. The van der Waals surface area contributed by atoms with E-state index in [-0.39, 0.29) is 30.9 Å². The summed E-state index contributed by atoms with van der Waals surface area (Å²) in [5.41, 5.74) is 0.236. The lowest BCUT2D eigenvalue weighted by Gasteiger charge is -2.06. The first-order valence-corrected chi connectivity index (χ1v) is 8.56. The van der Waals surface area contributed by atoms with E-state index in [1.807, 2.05) is 0 Å². The Hall–Kier alpha value is -1.88. The van der Waals surface area contributed by atoms with E-state index in [9.17, 15) is 18.4 Å². The molecular weight excluding hydrogens is 453 g/mol. The maximum absolute atomic E-state index is 13.6. The van der Waals surface area contributed by atoms with Gasteiger partial charge in [-0.15, -0.1) is 11.3 Å². The number of hydrogen-bond acceptors (Lipinski definition) is 4. The number of aromatic amines is 1. The van der Waals surface area contributed by atoms with Crippen LogP contribution in [0.2, 0.25) is 0 Å². The lowest BCUT2D eigenvalue weighted by atomic mass is 10.1. The van der Waals surface area contributed by atoms with Crippen molar-refractivity contribution in [3.8, 4) is 0 Å². The number of aromatic nitrogens is 2. The van der Waals surface area contributed by atoms with Crippen molar-refractivity contribution >= 4 is 50.1 Å². The monoisotopic (exact) mass is 462 g/mol. The van der Waals surface area contributed by atoms with Gasteiger partial charge >= 0.3 is 5.97 Å². The molecule has 0 amide bonds. The normalized spacial score (nSPS) is 11.2. The molecule has 9 heteroatoms. The van der Waals surface area contributed by atoms with Crippen molar-refractivity contribution in [2.75, 3.05) is 0 Å². The molecule has 0 atom stereocenters. The number of rotatable bonds is 3. The number of carboxylic acids is 1. The third-order valence-electron chi connectivity index (χ3n) is 3.47. The zero-order valence-corrected chi connectivity index (χ0v) is 15.1. The Morgan fingerprint density at radius 3 is 2.79 bits per heavy atom. The van der Waals surface area contributed by atoms with E-state index in [1.54, 1.807) is 29.5 Å². The van der Waals surface area contributed by atoms with Crippen LogP contribution in [-0.2, 0) is 6.42 Å². The lowest BCUT2D eigenvalue weighted by Crippen LogP contribution is -2.12. The summed E-state index contributed by atoms with van der Waals surface area (Å²) in [5.74, 6) is -2.31. The van der Waals surface area contributed by atoms with E-state index in [0.717, 1.165) is 17.4 Å². The third kappa shape index (κ3) is 2.93. The second-order valence-electron chi connectivity index (χ2n) is 5.09. The van der Waals surface area contributed by atoms with E-state index in [1.165, 1.54) is 6.07 Å². The number of carbonyl (C=O) groups is 1. The Morgan fingerprint density at radius 1 is 1.42 bits per heavy atom. The molecule has 0 fully saturated rings. The summed E-state index contributed by atoms with van der Waals surface area (Å²) in [4.78, 5) is 30.6. The maximum atomic E-state index is 13.6. The molecule has 1 aromatic carbocycles. The first-order chi connectivity index (χ1) is 11.3. The zero-order chi connectivity index (χ0) is 17.6. The highest BCUT2D eigenvalue weighted by atomic mass is 127. The quantitative estimate of drug-likeness (QED) is 0.462. The van der Waals surface area contributed by atoms with Crippen LogP contribution in [0.15, 0.2) is 16.9 Å². The summed E-state index contributed by atoms with van der Waals surface area (Å²) in [6.45, 7) is 1.55. The van der Waals surface area contributed by atoms with Crippen molar-refractivity contribution < 1.29 is 18.7 Å². The van der Waals surface area contributed by atoms with Gasteiger partial charge in [0.25, 0.3) is 5.56 Å². The van der Waals surface area contributed by atoms with E-state index in [0.29, 0.717) is 11.1 Å². The van der Waals surface area contributed by atoms with Crippen molar-refractivity contribution in [1.82, 2.24) is 9.97 Å². The second kappa shape index (κ2) is 6.20. The van der Waals surface area contributed by atoms with Crippen molar-refractivity contribution in [3.63, 3.8) is 0 Å². The average Bonchev–Trinajstić information content (AvgIpc) is 2.82. The lowest BCUT2D eigenvalue weighted by molar-refractivity contribution is 0.0701. The van der Waals surface area contributed by atoms with Crippen LogP contribution in [0.1, 0.15) is 26.6 Å². The Kier molecular flexibility index (Phi) is 4.38. The minimum atomic E-state index is -1.13. The molecule has 0 aliphatic rings. The number of fused-ring (bicyclic) bond motifs is 1. The van der Waals surface area contributed by atoms with Gasteiger partial charge in [0.15, 0.2) is 0 Å². The van der Waals surface area contributed by atoms with Crippen LogP contribution in [0.25, 0.3) is 10.2 Å². The zero-order valence-electron chi connectivity index (χ0n) is 12.1. The molecule has 0 radical (unpaired) electrons. The van der Waals surface area contributed by atoms with Crippen LogP contribution in [0, 0.1) is 22.1 Å². The number of nitrogens with zero attached hydrogens (tertiary/aromatic N) is 1. The summed E-state index contributed by atoms with van der Waals surface area (Å²) in [6, 6.07) is 1.96. The predicted molar refractivity (Wildman–Crippen MR) is 93.8 cm³/mol. The number of benzene rings is 1. The smallest absolute Gasteiger partial charge is 0.346 e. The summed E-state index contributed by atoms with van der Waals surface area (Å²) in [6.07, 6.45) is 0.0253. The number of aromatic carboxylic acids is 1. The maximum Gasteiger partial charge on any atom is 0.346 e. The number of nitrogens with one attached hydrogen (secondary N) is 1. The molecule has 2 N–H and O–H groups in total. The minimum Gasteiger partial charge on any atom is -0.477 e. The number of H-pyrrole nitrogens is 1. The van der Waals surface area contributed by atoms with Gasteiger partial charge in [0, 0.05) is 12.5 Å². The fourth-order valence-electron chi connectivity index (χ4n) is 2.39.